The van der Waals surface area contributed by atoms with E-state index in [0.717, 1.165) is 0 Å². The highest BCUT2D eigenvalue weighted by Crippen LogP contribution is 2.13. The van der Waals surface area contributed by atoms with E-state index in [1.54, 1.807) is 0 Å². The van der Waals surface area contributed by atoms with Crippen molar-refractivity contribution >= 4 is 23.1 Å². The fourth-order valence-electron chi connectivity index (χ4n) is 0.490. The Morgan fingerprint density at radius 3 is 2.45 bits per heavy atom. The summed E-state index contributed by atoms with van der Waals surface area (Å²) < 4.78 is 34.8. The fraction of sp³-hybridized carbons (Fsp3) is 0. The molecule has 0 radical (unpaired) electrons. The zero-order valence-electron chi connectivity index (χ0n) is 5.09. The molecule has 0 amide bonds. The molecule has 0 spiro atoms. The van der Waals surface area contributed by atoms with E-state index in [-0.39, 0.29) is 5.01 Å². The van der Waals surface area contributed by atoms with E-state index in [2.05, 4.69) is 4.98 Å². The zero-order chi connectivity index (χ0) is 8.48. The molecule has 1 aromatic rings. The third kappa shape index (κ3) is 1.71. The average Bonchev–Trinajstić information content (AvgIpc) is 2.32. The van der Waals surface area contributed by atoms with Crippen molar-refractivity contribution in [2.75, 3.05) is 0 Å². The van der Waals surface area contributed by atoms with Crippen LogP contribution in [0.25, 0.3) is 0 Å². The lowest BCUT2D eigenvalue weighted by molar-refractivity contribution is 0.502. The maximum absolute atomic E-state index is 11.9. The minimum atomic E-state index is -4.99. The highest BCUT2D eigenvalue weighted by molar-refractivity contribution is 7.23. The van der Waals surface area contributed by atoms with E-state index in [9.17, 15) is 12.9 Å². The highest BCUT2D eigenvalue weighted by Gasteiger charge is 2.28. The summed E-state index contributed by atoms with van der Waals surface area (Å²) in [7, 11) is 0. The number of halogens is 3. The van der Waals surface area contributed by atoms with E-state index in [1.165, 1.54) is 6.07 Å². The molecule has 0 atom stereocenters. The summed E-state index contributed by atoms with van der Waals surface area (Å²) in [6, 6.07) is 1.54. The van der Waals surface area contributed by atoms with Gasteiger partial charge in [0.15, 0.2) is 5.01 Å². The quantitative estimate of drug-likeness (QED) is 0.601. The zero-order valence-corrected chi connectivity index (χ0v) is 5.91. The second-order valence-electron chi connectivity index (χ2n) is 1.75. The molecule has 1 aromatic heterocycles. The van der Waals surface area contributed by atoms with Crippen LogP contribution in [0.15, 0.2) is 6.20 Å². The van der Waals surface area contributed by atoms with Gasteiger partial charge in [-0.1, -0.05) is 0 Å². The molecular formula is C4HBF3N2S-. The summed E-state index contributed by atoms with van der Waals surface area (Å²) in [5.74, 6) is 0. The van der Waals surface area contributed by atoms with E-state index < -0.39 is 11.8 Å². The predicted molar refractivity (Wildman–Crippen MR) is 35.5 cm³/mol. The monoisotopic (exact) mass is 177 g/mol. The Balaban J connectivity index is 3.01. The molecule has 0 saturated carbocycles. The van der Waals surface area contributed by atoms with Crippen molar-refractivity contribution in [1.82, 2.24) is 4.98 Å². The van der Waals surface area contributed by atoms with Gasteiger partial charge in [-0.2, -0.15) is 5.26 Å². The summed E-state index contributed by atoms with van der Waals surface area (Å²) in [6.07, 6.45) is 0.684. The van der Waals surface area contributed by atoms with Crippen molar-refractivity contribution < 1.29 is 12.9 Å². The third-order valence-electron chi connectivity index (χ3n) is 0.942. The number of aromatic nitrogens is 1. The standard InChI is InChI=1S/C4HBF3N2S/c6-5(7,8)3-2-10-4(1-9)11-3/h2H/q-1. The van der Waals surface area contributed by atoms with Crippen LogP contribution < -0.4 is 4.78 Å². The Labute approximate surface area is 64.4 Å². The molecule has 11 heavy (non-hydrogen) atoms. The molecule has 2 nitrogen and oxygen atoms in total. The van der Waals surface area contributed by atoms with Gasteiger partial charge in [-0.15, -0.1) is 11.3 Å². The van der Waals surface area contributed by atoms with Crippen molar-refractivity contribution in [2.24, 2.45) is 0 Å². The molecule has 0 fully saturated rings. The number of nitrogens with zero attached hydrogens (tertiary/aromatic N) is 2. The molecule has 1 rings (SSSR count). The van der Waals surface area contributed by atoms with Gasteiger partial charge in [0, 0.05) is 6.20 Å². The molecule has 1 heterocycles. The first kappa shape index (κ1) is 8.08. The Hall–Kier alpha value is -1.03. The van der Waals surface area contributed by atoms with Crippen molar-refractivity contribution in [1.29, 1.82) is 5.26 Å². The summed E-state index contributed by atoms with van der Waals surface area (Å²) in [4.78, 5) is 3.25. The van der Waals surface area contributed by atoms with Crippen LogP contribution in [0, 0.1) is 11.3 Å². The van der Waals surface area contributed by atoms with E-state index in [1.807, 2.05) is 0 Å². The maximum atomic E-state index is 11.9. The van der Waals surface area contributed by atoms with E-state index >= 15 is 0 Å². The van der Waals surface area contributed by atoms with Gasteiger partial charge in [-0.3, -0.25) is 0 Å². The summed E-state index contributed by atoms with van der Waals surface area (Å²) in [5.41, 5.74) is 0. The first-order valence-electron chi connectivity index (χ1n) is 2.60. The van der Waals surface area contributed by atoms with Crippen molar-refractivity contribution in [3.05, 3.63) is 11.2 Å². The van der Waals surface area contributed by atoms with Gasteiger partial charge >= 0.3 is 6.98 Å². The summed E-state index contributed by atoms with van der Waals surface area (Å²) in [5, 5.41) is 8.00. The lowest BCUT2D eigenvalue weighted by Gasteiger charge is -2.08. The molecule has 0 aromatic carbocycles. The van der Waals surface area contributed by atoms with Gasteiger partial charge in [0.1, 0.15) is 6.07 Å². The van der Waals surface area contributed by atoms with E-state index in [4.69, 9.17) is 5.26 Å². The van der Waals surface area contributed by atoms with Crippen LogP contribution in [0.2, 0.25) is 0 Å². The van der Waals surface area contributed by atoms with Crippen LogP contribution >= 0.6 is 11.3 Å². The van der Waals surface area contributed by atoms with Crippen molar-refractivity contribution in [3.8, 4) is 6.07 Å². The molecule has 0 N–H and O–H groups in total. The topological polar surface area (TPSA) is 36.7 Å². The minimum absolute atomic E-state index is 0.154. The molecule has 0 bridgehead atoms. The summed E-state index contributed by atoms with van der Waals surface area (Å²) in [6.45, 7) is -4.99. The smallest absolute Gasteiger partial charge is 0.444 e. The normalized spacial score (nSPS) is 11.1. The molecule has 0 unspecified atom stereocenters. The molecule has 0 aliphatic heterocycles. The van der Waals surface area contributed by atoms with Crippen molar-refractivity contribution in [3.63, 3.8) is 0 Å². The second-order valence-corrected chi connectivity index (χ2v) is 2.82. The molecular weight excluding hydrogens is 176 g/mol. The first-order valence-corrected chi connectivity index (χ1v) is 3.41. The lowest BCUT2D eigenvalue weighted by Crippen LogP contribution is -2.30. The van der Waals surface area contributed by atoms with Gasteiger partial charge in [0.25, 0.3) is 0 Å². The first-order chi connectivity index (χ1) is 5.04. The van der Waals surface area contributed by atoms with Gasteiger partial charge in [0.2, 0.25) is 0 Å². The molecule has 0 aliphatic carbocycles. The molecule has 0 saturated heterocycles. The number of rotatable bonds is 1. The van der Waals surface area contributed by atoms with Gasteiger partial charge in [-0.05, 0) is 4.78 Å². The summed E-state index contributed by atoms with van der Waals surface area (Å²) >= 11 is 0.370. The van der Waals surface area contributed by atoms with Crippen molar-refractivity contribution in [2.45, 2.75) is 0 Å². The largest absolute Gasteiger partial charge is 0.521 e. The van der Waals surface area contributed by atoms with Gasteiger partial charge in [0.05, 0.1) is 0 Å². The molecule has 0 aliphatic rings. The molecule has 58 valence electrons. The number of thiazole rings is 1. The second kappa shape index (κ2) is 2.55. The Morgan fingerprint density at radius 2 is 2.18 bits per heavy atom. The molecule has 7 heteroatoms. The number of nitriles is 1. The lowest BCUT2D eigenvalue weighted by atomic mass is 9.91. The van der Waals surface area contributed by atoms with Crippen LogP contribution in [0.3, 0.4) is 0 Å². The van der Waals surface area contributed by atoms with Crippen LogP contribution in [-0.2, 0) is 0 Å². The van der Waals surface area contributed by atoms with Crippen LogP contribution in [-0.4, -0.2) is 12.0 Å². The van der Waals surface area contributed by atoms with Crippen LogP contribution in [0.1, 0.15) is 5.01 Å². The average molecular weight is 177 g/mol. The number of hydrogen-bond acceptors (Lipinski definition) is 3. The van der Waals surface area contributed by atoms with Crippen LogP contribution in [0.5, 0.6) is 0 Å². The Kier molecular flexibility index (Phi) is 1.87. The van der Waals surface area contributed by atoms with E-state index in [0.29, 0.717) is 17.5 Å². The predicted octanol–water partition coefficient (Wildman–Crippen LogP) is 1.07. The minimum Gasteiger partial charge on any atom is -0.444 e. The Morgan fingerprint density at radius 1 is 1.55 bits per heavy atom. The SMILES string of the molecule is N#Cc1ncc([B-](F)(F)F)s1. The number of hydrogen-bond donors (Lipinski definition) is 0. The van der Waals surface area contributed by atoms with Gasteiger partial charge < -0.3 is 12.9 Å². The van der Waals surface area contributed by atoms with Crippen LogP contribution in [0.4, 0.5) is 12.9 Å². The fourth-order valence-corrected chi connectivity index (χ4v) is 1.10. The maximum Gasteiger partial charge on any atom is 0.521 e. The van der Waals surface area contributed by atoms with Gasteiger partial charge in [-0.25, -0.2) is 4.98 Å². The third-order valence-corrected chi connectivity index (χ3v) is 1.94. The Bertz CT molecular complexity index is 299. The highest BCUT2D eigenvalue weighted by atomic mass is 32.1.